The third-order valence-corrected chi connectivity index (χ3v) is 5.43. The third kappa shape index (κ3) is 3.50. The molecule has 1 aliphatic carbocycles. The minimum atomic E-state index is 0.106. The third-order valence-electron chi connectivity index (χ3n) is 4.32. The molecule has 2 heteroatoms. The lowest BCUT2D eigenvalue weighted by Crippen LogP contribution is -2.12. The molecule has 0 bridgehead atoms. The van der Waals surface area contributed by atoms with E-state index in [1.54, 1.807) is 11.1 Å². The highest BCUT2D eigenvalue weighted by Crippen LogP contribution is 2.29. The van der Waals surface area contributed by atoms with Gasteiger partial charge in [-0.25, -0.2) is 0 Å². The van der Waals surface area contributed by atoms with E-state index in [1.165, 1.54) is 35.3 Å². The summed E-state index contributed by atoms with van der Waals surface area (Å²) in [7, 11) is 0. The van der Waals surface area contributed by atoms with Crippen molar-refractivity contribution in [3.8, 4) is 0 Å². The van der Waals surface area contributed by atoms with Crippen molar-refractivity contribution in [2.24, 2.45) is 5.73 Å². The maximum absolute atomic E-state index is 6.33. The summed E-state index contributed by atoms with van der Waals surface area (Å²) < 4.78 is 0. The van der Waals surface area contributed by atoms with Crippen LogP contribution in [0.1, 0.15) is 41.6 Å². The van der Waals surface area contributed by atoms with Gasteiger partial charge in [-0.2, -0.15) is 0 Å². The average molecular weight is 297 g/mol. The van der Waals surface area contributed by atoms with Gasteiger partial charge in [0, 0.05) is 16.7 Å². The van der Waals surface area contributed by atoms with Crippen molar-refractivity contribution in [2.45, 2.75) is 43.5 Å². The molecule has 0 aromatic heterocycles. The SMILES string of the molecule is CCc1ccc(C(N)CSc2ccc3c(c2)CCC3)cc1. The molecule has 110 valence electrons. The molecule has 2 N–H and O–H groups in total. The highest BCUT2D eigenvalue weighted by Gasteiger charge is 2.12. The van der Waals surface area contributed by atoms with Crippen molar-refractivity contribution in [3.05, 3.63) is 64.7 Å². The number of hydrogen-bond donors (Lipinski definition) is 1. The molecule has 1 atom stereocenters. The highest BCUT2D eigenvalue weighted by molar-refractivity contribution is 7.99. The molecule has 0 saturated carbocycles. The Morgan fingerprint density at radius 1 is 1.05 bits per heavy atom. The molecule has 2 aromatic rings. The van der Waals surface area contributed by atoms with Gasteiger partial charge in [-0.15, -0.1) is 11.8 Å². The Balaban J connectivity index is 1.61. The lowest BCUT2D eigenvalue weighted by atomic mass is 10.1. The first-order chi connectivity index (χ1) is 10.3. The maximum atomic E-state index is 6.33. The molecule has 0 amide bonds. The van der Waals surface area contributed by atoms with Gasteiger partial charge in [-0.1, -0.05) is 37.3 Å². The smallest absolute Gasteiger partial charge is 0.0390 e. The van der Waals surface area contributed by atoms with E-state index in [9.17, 15) is 0 Å². The van der Waals surface area contributed by atoms with Crippen LogP contribution in [0.5, 0.6) is 0 Å². The van der Waals surface area contributed by atoms with Crippen LogP contribution >= 0.6 is 11.8 Å². The van der Waals surface area contributed by atoms with Gasteiger partial charge >= 0.3 is 0 Å². The molecule has 0 fully saturated rings. The van der Waals surface area contributed by atoms with E-state index in [0.717, 1.165) is 12.2 Å². The molecule has 1 unspecified atom stereocenters. The Hall–Kier alpha value is -1.25. The van der Waals surface area contributed by atoms with E-state index in [2.05, 4.69) is 49.4 Å². The number of benzene rings is 2. The topological polar surface area (TPSA) is 26.0 Å². The molecule has 0 heterocycles. The van der Waals surface area contributed by atoms with Gasteiger partial charge in [0.15, 0.2) is 0 Å². The lowest BCUT2D eigenvalue weighted by molar-refractivity contribution is 0.830. The first-order valence-electron chi connectivity index (χ1n) is 7.85. The summed E-state index contributed by atoms with van der Waals surface area (Å²) in [6, 6.07) is 15.7. The molecule has 0 radical (unpaired) electrons. The molecule has 0 saturated heterocycles. The Kier molecular flexibility index (Phi) is 4.67. The van der Waals surface area contributed by atoms with E-state index in [-0.39, 0.29) is 6.04 Å². The average Bonchev–Trinajstić information content (AvgIpc) is 3.00. The number of fused-ring (bicyclic) bond motifs is 1. The zero-order chi connectivity index (χ0) is 14.7. The number of rotatable bonds is 5. The molecule has 3 rings (SSSR count). The second kappa shape index (κ2) is 6.67. The highest BCUT2D eigenvalue weighted by atomic mass is 32.2. The quantitative estimate of drug-likeness (QED) is 0.821. The largest absolute Gasteiger partial charge is 0.323 e. The van der Waals surface area contributed by atoms with Gasteiger partial charge in [0.2, 0.25) is 0 Å². The number of hydrogen-bond acceptors (Lipinski definition) is 2. The second-order valence-corrected chi connectivity index (χ2v) is 6.89. The fourth-order valence-electron chi connectivity index (χ4n) is 2.92. The van der Waals surface area contributed by atoms with E-state index in [4.69, 9.17) is 5.73 Å². The molecular formula is C19H23NS. The Morgan fingerprint density at radius 3 is 2.57 bits per heavy atom. The summed E-state index contributed by atoms with van der Waals surface area (Å²) in [6.45, 7) is 2.18. The summed E-state index contributed by atoms with van der Waals surface area (Å²) in [4.78, 5) is 1.36. The van der Waals surface area contributed by atoms with Gasteiger partial charge in [-0.05, 0) is 60.1 Å². The van der Waals surface area contributed by atoms with Gasteiger partial charge in [0.05, 0.1) is 0 Å². The van der Waals surface area contributed by atoms with Gasteiger partial charge in [0.1, 0.15) is 0 Å². The van der Waals surface area contributed by atoms with Gasteiger partial charge < -0.3 is 5.73 Å². The second-order valence-electron chi connectivity index (χ2n) is 5.80. The van der Waals surface area contributed by atoms with E-state index in [1.807, 2.05) is 11.8 Å². The van der Waals surface area contributed by atoms with Crippen LogP contribution in [0.3, 0.4) is 0 Å². The maximum Gasteiger partial charge on any atom is 0.0390 e. The van der Waals surface area contributed by atoms with Gasteiger partial charge in [-0.3, -0.25) is 0 Å². The van der Waals surface area contributed by atoms with E-state index in [0.29, 0.717) is 0 Å². The first kappa shape index (κ1) is 14.7. The zero-order valence-electron chi connectivity index (χ0n) is 12.6. The molecule has 2 aromatic carbocycles. The fourth-order valence-corrected chi connectivity index (χ4v) is 3.88. The van der Waals surface area contributed by atoms with Crippen LogP contribution < -0.4 is 5.73 Å². The molecule has 0 aliphatic heterocycles. The minimum Gasteiger partial charge on any atom is -0.323 e. The van der Waals surface area contributed by atoms with Gasteiger partial charge in [0.25, 0.3) is 0 Å². The lowest BCUT2D eigenvalue weighted by Gasteiger charge is -2.13. The van der Waals surface area contributed by atoms with Crippen molar-refractivity contribution >= 4 is 11.8 Å². The summed E-state index contributed by atoms with van der Waals surface area (Å²) >= 11 is 1.87. The fraction of sp³-hybridized carbons (Fsp3) is 0.368. The molecule has 21 heavy (non-hydrogen) atoms. The number of thioether (sulfide) groups is 1. The normalized spacial score (nSPS) is 15.0. The molecular weight excluding hydrogens is 274 g/mol. The molecule has 1 nitrogen and oxygen atoms in total. The van der Waals surface area contributed by atoms with Crippen LogP contribution in [0.4, 0.5) is 0 Å². The summed E-state index contributed by atoms with van der Waals surface area (Å²) in [5.74, 6) is 0.935. The van der Waals surface area contributed by atoms with Crippen molar-refractivity contribution in [2.75, 3.05) is 5.75 Å². The standard InChI is InChI=1S/C19H23NS/c1-2-14-6-8-16(9-7-14)19(20)13-21-18-11-10-15-4-3-5-17(15)12-18/h6-12,19H,2-5,13,20H2,1H3. The van der Waals surface area contributed by atoms with Crippen molar-refractivity contribution in [1.29, 1.82) is 0 Å². The van der Waals surface area contributed by atoms with E-state index < -0.39 is 0 Å². The van der Waals surface area contributed by atoms with Crippen LogP contribution in [0.2, 0.25) is 0 Å². The Labute approximate surface area is 132 Å². The summed E-state index contributed by atoms with van der Waals surface area (Å²) in [5.41, 5.74) is 12.0. The zero-order valence-corrected chi connectivity index (χ0v) is 13.5. The van der Waals surface area contributed by atoms with Crippen LogP contribution in [-0.4, -0.2) is 5.75 Å². The molecule has 1 aliphatic rings. The van der Waals surface area contributed by atoms with Crippen molar-refractivity contribution in [1.82, 2.24) is 0 Å². The number of aryl methyl sites for hydroxylation is 3. The summed E-state index contributed by atoms with van der Waals surface area (Å²) in [5, 5.41) is 0. The Bertz CT molecular complexity index is 603. The monoisotopic (exact) mass is 297 g/mol. The predicted molar refractivity (Wildman–Crippen MR) is 91.9 cm³/mol. The number of nitrogens with two attached hydrogens (primary N) is 1. The van der Waals surface area contributed by atoms with Crippen molar-refractivity contribution in [3.63, 3.8) is 0 Å². The summed E-state index contributed by atoms with van der Waals surface area (Å²) in [6.07, 6.45) is 4.89. The minimum absolute atomic E-state index is 0.106. The molecule has 0 spiro atoms. The van der Waals surface area contributed by atoms with Crippen LogP contribution in [0.25, 0.3) is 0 Å². The van der Waals surface area contributed by atoms with Crippen LogP contribution in [0.15, 0.2) is 47.4 Å². The van der Waals surface area contributed by atoms with E-state index >= 15 is 0 Å². The van der Waals surface area contributed by atoms with Crippen LogP contribution in [0, 0.1) is 0 Å². The van der Waals surface area contributed by atoms with Crippen molar-refractivity contribution < 1.29 is 0 Å². The first-order valence-corrected chi connectivity index (χ1v) is 8.84. The Morgan fingerprint density at radius 2 is 1.81 bits per heavy atom. The van der Waals surface area contributed by atoms with Crippen LogP contribution in [-0.2, 0) is 19.3 Å². The predicted octanol–water partition coefficient (Wildman–Crippen LogP) is 4.53.